The molecule has 1 heterocycles. The topological polar surface area (TPSA) is 37.0 Å². The molecule has 0 saturated carbocycles. The van der Waals surface area contributed by atoms with E-state index in [-0.39, 0.29) is 30.4 Å². The van der Waals surface area contributed by atoms with Crippen molar-refractivity contribution < 1.29 is 0 Å². The van der Waals surface area contributed by atoms with Crippen LogP contribution in [0.3, 0.4) is 0 Å². The lowest BCUT2D eigenvalue weighted by molar-refractivity contribution is 0.407. The Bertz CT molecular complexity index is 1130. The predicted molar refractivity (Wildman–Crippen MR) is 143 cm³/mol. The van der Waals surface area contributed by atoms with Crippen LogP contribution >= 0.6 is 36.4 Å². The van der Waals surface area contributed by atoms with Crippen LogP contribution in [0, 0.1) is 0 Å². The maximum atomic E-state index is 6.09. The summed E-state index contributed by atoms with van der Waals surface area (Å²) in [5.41, 5.74) is 5.64. The molecule has 0 atom stereocenters. The molecule has 0 saturated heterocycles. The van der Waals surface area contributed by atoms with E-state index in [0.717, 1.165) is 29.7 Å². The third kappa shape index (κ3) is 6.60. The molecule has 0 amide bonds. The van der Waals surface area contributed by atoms with Gasteiger partial charge in [0.05, 0.1) is 5.52 Å². The first-order valence-corrected chi connectivity index (χ1v) is 10.6. The fourth-order valence-corrected chi connectivity index (χ4v) is 3.61. The van der Waals surface area contributed by atoms with Crippen LogP contribution in [0.15, 0.2) is 85.1 Å². The SMILES string of the molecule is CC(C)(CNc1ccnc2cc(Cl)ccc12)NCc1ccc(-c2ccccc2)cc1.Cl.Cl. The van der Waals surface area contributed by atoms with E-state index in [0.29, 0.717) is 5.02 Å². The standard InChI is InChI=1S/C26H26ClN3.2ClH/c1-26(2,18-29-24-14-15-28-25-16-22(27)12-13-23(24)25)30-17-19-8-10-21(11-9-19)20-6-4-3-5-7-20;;/h3-16,30H,17-18H2,1-2H3,(H,28,29);2*1H. The number of hydrogen-bond acceptors (Lipinski definition) is 3. The van der Waals surface area contributed by atoms with E-state index in [1.54, 1.807) is 0 Å². The van der Waals surface area contributed by atoms with Gasteiger partial charge in [0, 0.05) is 40.9 Å². The van der Waals surface area contributed by atoms with Gasteiger partial charge in [0.2, 0.25) is 0 Å². The van der Waals surface area contributed by atoms with E-state index in [1.807, 2.05) is 36.5 Å². The minimum Gasteiger partial charge on any atom is -0.383 e. The van der Waals surface area contributed by atoms with E-state index >= 15 is 0 Å². The first-order valence-electron chi connectivity index (χ1n) is 10.2. The van der Waals surface area contributed by atoms with Crippen molar-refractivity contribution in [1.82, 2.24) is 10.3 Å². The Morgan fingerprint density at radius 2 is 1.53 bits per heavy atom. The van der Waals surface area contributed by atoms with E-state index in [2.05, 4.69) is 78.0 Å². The van der Waals surface area contributed by atoms with Crippen LogP contribution in [0.1, 0.15) is 19.4 Å². The maximum absolute atomic E-state index is 6.09. The highest BCUT2D eigenvalue weighted by molar-refractivity contribution is 6.31. The Morgan fingerprint density at radius 1 is 0.844 bits per heavy atom. The smallest absolute Gasteiger partial charge is 0.0737 e. The zero-order chi connectivity index (χ0) is 21.0. The highest BCUT2D eigenvalue weighted by atomic mass is 35.5. The van der Waals surface area contributed by atoms with Gasteiger partial charge in [0.1, 0.15) is 0 Å². The summed E-state index contributed by atoms with van der Waals surface area (Å²) in [6.07, 6.45) is 1.82. The normalized spacial score (nSPS) is 10.8. The van der Waals surface area contributed by atoms with Crippen LogP contribution in [0.2, 0.25) is 5.02 Å². The number of nitrogens with one attached hydrogen (secondary N) is 2. The average Bonchev–Trinajstić information content (AvgIpc) is 2.77. The molecule has 0 fully saturated rings. The third-order valence-corrected chi connectivity index (χ3v) is 5.49. The van der Waals surface area contributed by atoms with Gasteiger partial charge in [-0.3, -0.25) is 4.98 Å². The summed E-state index contributed by atoms with van der Waals surface area (Å²) >= 11 is 6.09. The molecule has 4 rings (SSSR count). The van der Waals surface area contributed by atoms with Crippen molar-refractivity contribution in [3.8, 4) is 11.1 Å². The van der Waals surface area contributed by atoms with Gasteiger partial charge >= 0.3 is 0 Å². The fourth-order valence-electron chi connectivity index (χ4n) is 3.44. The summed E-state index contributed by atoms with van der Waals surface area (Å²) in [5.74, 6) is 0. The molecular weight excluding hydrogens is 461 g/mol. The van der Waals surface area contributed by atoms with Crippen LogP contribution in [-0.2, 0) is 6.54 Å². The number of anilines is 1. The lowest BCUT2D eigenvalue weighted by atomic mass is 10.0. The number of nitrogens with zero attached hydrogens (tertiary/aromatic N) is 1. The Hall–Kier alpha value is -2.30. The number of hydrogen-bond donors (Lipinski definition) is 2. The number of halogens is 3. The first-order chi connectivity index (χ1) is 14.5. The summed E-state index contributed by atoms with van der Waals surface area (Å²) in [6, 6.07) is 27.0. The minimum atomic E-state index is -0.0832. The van der Waals surface area contributed by atoms with Crippen molar-refractivity contribution in [2.75, 3.05) is 11.9 Å². The van der Waals surface area contributed by atoms with Gasteiger partial charge < -0.3 is 10.6 Å². The maximum Gasteiger partial charge on any atom is 0.0737 e. The Labute approximate surface area is 207 Å². The summed E-state index contributed by atoms with van der Waals surface area (Å²) in [5, 5.41) is 9.01. The fraction of sp³-hybridized carbons (Fsp3) is 0.192. The summed E-state index contributed by atoms with van der Waals surface area (Å²) in [7, 11) is 0. The lowest BCUT2D eigenvalue weighted by Crippen LogP contribution is -2.44. The quantitative estimate of drug-likeness (QED) is 0.285. The van der Waals surface area contributed by atoms with Gasteiger partial charge in [-0.15, -0.1) is 24.8 Å². The van der Waals surface area contributed by atoms with Gasteiger partial charge in [0.25, 0.3) is 0 Å². The molecule has 4 aromatic rings. The molecule has 3 nitrogen and oxygen atoms in total. The van der Waals surface area contributed by atoms with Crippen molar-refractivity contribution in [2.45, 2.75) is 25.9 Å². The molecule has 32 heavy (non-hydrogen) atoms. The van der Waals surface area contributed by atoms with Crippen molar-refractivity contribution in [2.24, 2.45) is 0 Å². The van der Waals surface area contributed by atoms with Gasteiger partial charge in [-0.1, -0.05) is 66.2 Å². The van der Waals surface area contributed by atoms with Gasteiger partial charge in [-0.05, 0) is 54.8 Å². The van der Waals surface area contributed by atoms with Crippen LogP contribution in [0.5, 0.6) is 0 Å². The molecule has 0 radical (unpaired) electrons. The summed E-state index contributed by atoms with van der Waals surface area (Å²) in [6.45, 7) is 6.02. The number of rotatable bonds is 7. The Kier molecular flexibility index (Phi) is 9.35. The van der Waals surface area contributed by atoms with Crippen molar-refractivity contribution >= 4 is 53.0 Å². The molecule has 3 aromatic carbocycles. The minimum absolute atomic E-state index is 0. The van der Waals surface area contributed by atoms with Crippen molar-refractivity contribution in [3.05, 3.63) is 95.6 Å². The van der Waals surface area contributed by atoms with Crippen LogP contribution in [0.25, 0.3) is 22.0 Å². The van der Waals surface area contributed by atoms with Gasteiger partial charge in [-0.2, -0.15) is 0 Å². The molecule has 0 aliphatic carbocycles. The number of pyridine rings is 1. The largest absolute Gasteiger partial charge is 0.383 e. The molecule has 0 aliphatic rings. The zero-order valence-corrected chi connectivity index (χ0v) is 20.5. The summed E-state index contributed by atoms with van der Waals surface area (Å²) < 4.78 is 0. The van der Waals surface area contributed by atoms with E-state index in [1.165, 1.54) is 16.7 Å². The van der Waals surface area contributed by atoms with Crippen LogP contribution < -0.4 is 10.6 Å². The van der Waals surface area contributed by atoms with Crippen LogP contribution in [-0.4, -0.2) is 17.1 Å². The number of fused-ring (bicyclic) bond motifs is 1. The molecule has 0 aliphatic heterocycles. The Morgan fingerprint density at radius 3 is 2.25 bits per heavy atom. The van der Waals surface area contributed by atoms with E-state index < -0.39 is 0 Å². The average molecular weight is 489 g/mol. The molecule has 6 heteroatoms. The second-order valence-corrected chi connectivity index (χ2v) is 8.61. The molecule has 2 N–H and O–H groups in total. The molecular formula is C26H28Cl3N3. The molecule has 0 spiro atoms. The van der Waals surface area contributed by atoms with E-state index in [9.17, 15) is 0 Å². The highest BCUT2D eigenvalue weighted by Crippen LogP contribution is 2.25. The number of benzene rings is 3. The van der Waals surface area contributed by atoms with Gasteiger partial charge in [-0.25, -0.2) is 0 Å². The van der Waals surface area contributed by atoms with E-state index in [4.69, 9.17) is 11.6 Å². The molecule has 1 aromatic heterocycles. The van der Waals surface area contributed by atoms with Crippen molar-refractivity contribution in [3.63, 3.8) is 0 Å². The second-order valence-electron chi connectivity index (χ2n) is 8.17. The molecule has 168 valence electrons. The summed E-state index contributed by atoms with van der Waals surface area (Å²) in [4.78, 5) is 4.41. The third-order valence-electron chi connectivity index (χ3n) is 5.26. The molecule has 0 bridgehead atoms. The first kappa shape index (κ1) is 26.0. The zero-order valence-electron chi connectivity index (χ0n) is 18.1. The highest BCUT2D eigenvalue weighted by Gasteiger charge is 2.17. The second kappa shape index (κ2) is 11.5. The lowest BCUT2D eigenvalue weighted by Gasteiger charge is -2.28. The monoisotopic (exact) mass is 487 g/mol. The predicted octanol–water partition coefficient (Wildman–Crippen LogP) is 7.38. The van der Waals surface area contributed by atoms with Crippen LogP contribution in [0.4, 0.5) is 5.69 Å². The van der Waals surface area contributed by atoms with Crippen molar-refractivity contribution in [1.29, 1.82) is 0 Å². The van der Waals surface area contributed by atoms with Gasteiger partial charge in [0.15, 0.2) is 0 Å². The Balaban J connectivity index is 0.00000181. The molecule has 0 unspecified atom stereocenters. The number of aromatic nitrogens is 1.